The van der Waals surface area contributed by atoms with Gasteiger partial charge >= 0.3 is 0 Å². The molecule has 0 fully saturated rings. The summed E-state index contributed by atoms with van der Waals surface area (Å²) in [4.78, 5) is 0. The minimum absolute atomic E-state index is 0.153. The lowest BCUT2D eigenvalue weighted by molar-refractivity contribution is 0.436. The fourth-order valence-corrected chi connectivity index (χ4v) is 2.14. The van der Waals surface area contributed by atoms with Crippen LogP contribution >= 0.6 is 27.5 Å². The summed E-state index contributed by atoms with van der Waals surface area (Å²) < 4.78 is 20.2. The molecule has 19 heavy (non-hydrogen) atoms. The number of benzene rings is 2. The molecule has 0 spiro atoms. The zero-order valence-electron chi connectivity index (χ0n) is 10.2. The number of hydrogen-bond donors (Lipinski definition) is 1. The van der Waals surface area contributed by atoms with Gasteiger partial charge < -0.3 is 10.1 Å². The van der Waals surface area contributed by atoms with Gasteiger partial charge in [-0.15, -0.1) is 0 Å². The van der Waals surface area contributed by atoms with Crippen molar-refractivity contribution in [1.82, 2.24) is 5.32 Å². The van der Waals surface area contributed by atoms with E-state index in [-0.39, 0.29) is 5.75 Å². The van der Waals surface area contributed by atoms with Crippen LogP contribution in [-0.2, 0) is 6.54 Å². The van der Waals surface area contributed by atoms with Gasteiger partial charge in [-0.25, -0.2) is 4.39 Å². The summed E-state index contributed by atoms with van der Waals surface area (Å²) in [5.74, 6) is 0.271. The Morgan fingerprint density at radius 1 is 1.21 bits per heavy atom. The highest BCUT2D eigenvalue weighted by Crippen LogP contribution is 2.31. The van der Waals surface area contributed by atoms with Crippen LogP contribution in [0.2, 0.25) is 5.02 Å². The summed E-state index contributed by atoms with van der Waals surface area (Å²) in [5.41, 5.74) is 0.944. The van der Waals surface area contributed by atoms with Crippen LogP contribution < -0.4 is 10.1 Å². The molecule has 100 valence electrons. The number of nitrogens with one attached hydrogen (secondary N) is 1. The van der Waals surface area contributed by atoms with Gasteiger partial charge in [0.2, 0.25) is 0 Å². The standard InChI is InChI=1S/C14H12BrClFNO/c1-18-8-9-2-3-10(15)6-14(9)19-13-5-4-11(16)7-12(13)17/h2-7,18H,8H2,1H3. The van der Waals surface area contributed by atoms with Crippen LogP contribution in [0.4, 0.5) is 4.39 Å². The van der Waals surface area contributed by atoms with Crippen LogP contribution in [0.1, 0.15) is 5.56 Å². The fourth-order valence-electron chi connectivity index (χ4n) is 1.64. The molecule has 2 rings (SSSR count). The van der Waals surface area contributed by atoms with E-state index in [0.717, 1.165) is 10.0 Å². The SMILES string of the molecule is CNCc1ccc(Br)cc1Oc1ccc(Cl)cc1F. The smallest absolute Gasteiger partial charge is 0.167 e. The Morgan fingerprint density at radius 3 is 2.68 bits per heavy atom. The zero-order chi connectivity index (χ0) is 13.8. The maximum atomic E-state index is 13.7. The van der Waals surface area contributed by atoms with Crippen LogP contribution in [0.3, 0.4) is 0 Å². The summed E-state index contributed by atoms with van der Waals surface area (Å²) >= 11 is 9.09. The van der Waals surface area contributed by atoms with E-state index in [4.69, 9.17) is 16.3 Å². The molecule has 0 aliphatic rings. The maximum absolute atomic E-state index is 13.7. The van der Waals surface area contributed by atoms with Crippen LogP contribution in [0.5, 0.6) is 11.5 Å². The highest BCUT2D eigenvalue weighted by atomic mass is 79.9. The normalized spacial score (nSPS) is 10.5. The molecule has 0 saturated heterocycles. The van der Waals surface area contributed by atoms with Crippen molar-refractivity contribution in [2.75, 3.05) is 7.05 Å². The Morgan fingerprint density at radius 2 is 2.00 bits per heavy atom. The summed E-state index contributed by atoms with van der Waals surface area (Å²) in [6.45, 7) is 0.637. The lowest BCUT2D eigenvalue weighted by Crippen LogP contribution is -2.06. The van der Waals surface area contributed by atoms with Gasteiger partial charge in [0.15, 0.2) is 11.6 Å². The molecule has 0 amide bonds. The molecule has 2 aromatic carbocycles. The third kappa shape index (κ3) is 3.69. The molecule has 0 bridgehead atoms. The highest BCUT2D eigenvalue weighted by Gasteiger charge is 2.09. The molecular formula is C14H12BrClFNO. The van der Waals surface area contributed by atoms with Gasteiger partial charge in [0.1, 0.15) is 5.75 Å². The minimum Gasteiger partial charge on any atom is -0.454 e. The first kappa shape index (κ1) is 14.3. The van der Waals surface area contributed by atoms with Crippen LogP contribution in [0.25, 0.3) is 0 Å². The van der Waals surface area contributed by atoms with Crippen molar-refractivity contribution in [3.05, 3.63) is 57.3 Å². The van der Waals surface area contributed by atoms with E-state index in [2.05, 4.69) is 21.2 Å². The van der Waals surface area contributed by atoms with Gasteiger partial charge in [0, 0.05) is 21.6 Å². The monoisotopic (exact) mass is 343 g/mol. The molecule has 0 aliphatic heterocycles. The van der Waals surface area contributed by atoms with E-state index >= 15 is 0 Å². The predicted octanol–water partition coefficient (Wildman–Crippen LogP) is 4.75. The number of halogens is 3. The van der Waals surface area contributed by atoms with Crippen LogP contribution in [0, 0.1) is 5.82 Å². The molecule has 2 nitrogen and oxygen atoms in total. The Balaban J connectivity index is 2.33. The Hall–Kier alpha value is -1.10. The molecule has 1 N–H and O–H groups in total. The van der Waals surface area contributed by atoms with E-state index in [1.165, 1.54) is 12.1 Å². The Bertz CT molecular complexity index is 592. The average Bonchev–Trinajstić information content (AvgIpc) is 2.36. The molecule has 0 aromatic heterocycles. The first-order valence-corrected chi connectivity index (χ1v) is 6.83. The quantitative estimate of drug-likeness (QED) is 0.864. The summed E-state index contributed by atoms with van der Waals surface area (Å²) in [6, 6.07) is 9.98. The molecule has 0 heterocycles. The maximum Gasteiger partial charge on any atom is 0.167 e. The third-order valence-electron chi connectivity index (χ3n) is 2.51. The first-order chi connectivity index (χ1) is 9.10. The molecule has 0 atom stereocenters. The molecule has 2 aromatic rings. The molecule has 5 heteroatoms. The molecule has 0 unspecified atom stereocenters. The number of ether oxygens (including phenoxy) is 1. The second-order valence-corrected chi connectivity index (χ2v) is 5.31. The van der Waals surface area contributed by atoms with E-state index in [1.807, 2.05) is 19.2 Å². The summed E-state index contributed by atoms with van der Waals surface area (Å²) in [7, 11) is 1.84. The minimum atomic E-state index is -0.483. The summed E-state index contributed by atoms with van der Waals surface area (Å²) in [6.07, 6.45) is 0. The fraction of sp³-hybridized carbons (Fsp3) is 0.143. The van der Waals surface area contributed by atoms with Gasteiger partial charge in [0.05, 0.1) is 0 Å². The largest absolute Gasteiger partial charge is 0.454 e. The van der Waals surface area contributed by atoms with E-state index in [9.17, 15) is 4.39 Å². The van der Waals surface area contributed by atoms with Crippen molar-refractivity contribution < 1.29 is 9.13 Å². The number of rotatable bonds is 4. The van der Waals surface area contributed by atoms with Crippen molar-refractivity contribution in [2.45, 2.75) is 6.54 Å². The topological polar surface area (TPSA) is 21.3 Å². The summed E-state index contributed by atoms with van der Waals surface area (Å²) in [5, 5.41) is 3.39. The molecule has 0 aliphatic carbocycles. The van der Waals surface area contributed by atoms with E-state index in [0.29, 0.717) is 17.3 Å². The van der Waals surface area contributed by atoms with Crippen molar-refractivity contribution in [3.63, 3.8) is 0 Å². The van der Waals surface area contributed by atoms with Crippen LogP contribution in [0.15, 0.2) is 40.9 Å². The molecule has 0 radical (unpaired) electrons. The Kier molecular flexibility index (Phi) is 4.80. The van der Waals surface area contributed by atoms with E-state index in [1.54, 1.807) is 12.1 Å². The second-order valence-electron chi connectivity index (χ2n) is 3.96. The van der Waals surface area contributed by atoms with Crippen molar-refractivity contribution in [1.29, 1.82) is 0 Å². The zero-order valence-corrected chi connectivity index (χ0v) is 12.6. The van der Waals surface area contributed by atoms with Crippen molar-refractivity contribution in [3.8, 4) is 11.5 Å². The molecular weight excluding hydrogens is 333 g/mol. The average molecular weight is 345 g/mol. The van der Waals surface area contributed by atoms with Crippen molar-refractivity contribution in [2.24, 2.45) is 0 Å². The Labute approximate surface area is 124 Å². The third-order valence-corrected chi connectivity index (χ3v) is 3.24. The van der Waals surface area contributed by atoms with Crippen LogP contribution in [-0.4, -0.2) is 7.05 Å². The van der Waals surface area contributed by atoms with Gasteiger partial charge in [0.25, 0.3) is 0 Å². The van der Waals surface area contributed by atoms with Gasteiger partial charge in [-0.2, -0.15) is 0 Å². The highest BCUT2D eigenvalue weighted by molar-refractivity contribution is 9.10. The van der Waals surface area contributed by atoms with Crippen molar-refractivity contribution >= 4 is 27.5 Å². The first-order valence-electron chi connectivity index (χ1n) is 5.66. The van der Waals surface area contributed by atoms with Gasteiger partial charge in [-0.05, 0) is 37.4 Å². The molecule has 0 saturated carbocycles. The number of hydrogen-bond acceptors (Lipinski definition) is 2. The van der Waals surface area contributed by atoms with Gasteiger partial charge in [-0.3, -0.25) is 0 Å². The lowest BCUT2D eigenvalue weighted by Gasteiger charge is -2.12. The van der Waals surface area contributed by atoms with E-state index < -0.39 is 5.82 Å². The van der Waals surface area contributed by atoms with Gasteiger partial charge in [-0.1, -0.05) is 33.6 Å². The second kappa shape index (κ2) is 6.37. The lowest BCUT2D eigenvalue weighted by atomic mass is 10.2. The predicted molar refractivity (Wildman–Crippen MR) is 78.4 cm³/mol.